The molecule has 2 heterocycles. The summed E-state index contributed by atoms with van der Waals surface area (Å²) in [6, 6.07) is 6.56. The standard InChI is InChI=1S/C20H28N2O3/c1-14-4-5-18-17(12-14)15(2)20(21-18)16-6-8-22(9-7-16)19(23)13-25-11-10-24-3/h4-5,12,16,21H,6-11,13H2,1-3H3. The van der Waals surface area contributed by atoms with Crippen molar-refractivity contribution in [1.82, 2.24) is 9.88 Å². The van der Waals surface area contributed by atoms with Crippen LogP contribution >= 0.6 is 0 Å². The number of piperidine rings is 1. The zero-order valence-corrected chi connectivity index (χ0v) is 15.4. The highest BCUT2D eigenvalue weighted by molar-refractivity contribution is 5.85. The van der Waals surface area contributed by atoms with Crippen LogP contribution in [0.4, 0.5) is 0 Å². The summed E-state index contributed by atoms with van der Waals surface area (Å²) in [5.41, 5.74) is 5.19. The number of methoxy groups -OCH3 is 1. The third-order valence-electron chi connectivity index (χ3n) is 5.17. The van der Waals surface area contributed by atoms with E-state index in [0.717, 1.165) is 25.9 Å². The molecule has 25 heavy (non-hydrogen) atoms. The molecule has 1 amide bonds. The molecule has 0 aliphatic carbocycles. The average molecular weight is 344 g/mol. The summed E-state index contributed by atoms with van der Waals surface area (Å²) in [7, 11) is 1.63. The van der Waals surface area contributed by atoms with E-state index < -0.39 is 0 Å². The smallest absolute Gasteiger partial charge is 0.248 e. The number of amides is 1. The topological polar surface area (TPSA) is 54.6 Å². The monoisotopic (exact) mass is 344 g/mol. The van der Waals surface area contributed by atoms with Crippen LogP contribution in [0.1, 0.15) is 35.6 Å². The molecule has 1 saturated heterocycles. The normalized spacial score (nSPS) is 15.9. The van der Waals surface area contributed by atoms with Gasteiger partial charge in [0.1, 0.15) is 6.61 Å². The highest BCUT2D eigenvalue weighted by atomic mass is 16.5. The van der Waals surface area contributed by atoms with Gasteiger partial charge in [0.15, 0.2) is 0 Å². The molecule has 0 radical (unpaired) electrons. The Morgan fingerprint density at radius 1 is 1.24 bits per heavy atom. The van der Waals surface area contributed by atoms with Gasteiger partial charge in [0.05, 0.1) is 13.2 Å². The Morgan fingerprint density at radius 3 is 2.72 bits per heavy atom. The molecule has 0 bridgehead atoms. The molecule has 1 aliphatic heterocycles. The summed E-state index contributed by atoms with van der Waals surface area (Å²) in [6.45, 7) is 7.06. The lowest BCUT2D eigenvalue weighted by molar-refractivity contribution is -0.137. The van der Waals surface area contributed by atoms with Crippen LogP contribution in [0, 0.1) is 13.8 Å². The molecule has 5 heteroatoms. The number of rotatable bonds is 6. The van der Waals surface area contributed by atoms with E-state index in [-0.39, 0.29) is 12.5 Å². The van der Waals surface area contributed by atoms with Crippen LogP contribution in [-0.2, 0) is 14.3 Å². The van der Waals surface area contributed by atoms with E-state index >= 15 is 0 Å². The zero-order valence-electron chi connectivity index (χ0n) is 15.4. The van der Waals surface area contributed by atoms with E-state index in [9.17, 15) is 4.79 Å². The van der Waals surface area contributed by atoms with Crippen molar-refractivity contribution in [2.24, 2.45) is 0 Å². The lowest BCUT2D eigenvalue weighted by Gasteiger charge is -2.32. The summed E-state index contributed by atoms with van der Waals surface area (Å²) in [4.78, 5) is 17.7. The molecule has 1 N–H and O–H groups in total. The fraction of sp³-hybridized carbons (Fsp3) is 0.550. The Hall–Kier alpha value is -1.85. The molecule has 5 nitrogen and oxygen atoms in total. The van der Waals surface area contributed by atoms with Crippen LogP contribution in [0.15, 0.2) is 18.2 Å². The van der Waals surface area contributed by atoms with Crippen LogP contribution < -0.4 is 0 Å². The number of carbonyl (C=O) groups excluding carboxylic acids is 1. The Labute approximate surface area is 149 Å². The van der Waals surface area contributed by atoms with Crippen LogP contribution in [0.3, 0.4) is 0 Å². The number of nitrogens with one attached hydrogen (secondary N) is 1. The molecule has 0 atom stereocenters. The number of H-pyrrole nitrogens is 1. The van der Waals surface area contributed by atoms with Crippen molar-refractivity contribution in [3.8, 4) is 0 Å². The van der Waals surface area contributed by atoms with Crippen molar-refractivity contribution < 1.29 is 14.3 Å². The first-order chi connectivity index (χ1) is 12.1. The largest absolute Gasteiger partial charge is 0.382 e. The number of benzene rings is 1. The quantitative estimate of drug-likeness (QED) is 0.819. The minimum Gasteiger partial charge on any atom is -0.382 e. The molecular formula is C20H28N2O3. The van der Waals surface area contributed by atoms with E-state index in [2.05, 4.69) is 37.0 Å². The minimum absolute atomic E-state index is 0.0820. The number of aromatic nitrogens is 1. The van der Waals surface area contributed by atoms with Gasteiger partial charge >= 0.3 is 0 Å². The number of fused-ring (bicyclic) bond motifs is 1. The molecule has 0 saturated carbocycles. The first-order valence-electron chi connectivity index (χ1n) is 9.03. The molecule has 1 aromatic heterocycles. The average Bonchev–Trinajstić information content (AvgIpc) is 2.95. The number of hydrogen-bond donors (Lipinski definition) is 1. The predicted octanol–water partition coefficient (Wildman–Crippen LogP) is 3.15. The first-order valence-corrected chi connectivity index (χ1v) is 9.03. The first kappa shape index (κ1) is 18.0. The van der Waals surface area contributed by atoms with Crippen LogP contribution in [0.2, 0.25) is 0 Å². The van der Waals surface area contributed by atoms with Gasteiger partial charge in [-0.25, -0.2) is 0 Å². The molecule has 1 aromatic carbocycles. The third kappa shape index (κ3) is 4.05. The van der Waals surface area contributed by atoms with Gasteiger partial charge in [-0.05, 0) is 44.4 Å². The number of aryl methyl sites for hydroxylation is 2. The second-order valence-corrected chi connectivity index (χ2v) is 6.91. The molecule has 136 valence electrons. The maximum absolute atomic E-state index is 12.2. The number of nitrogens with zero attached hydrogens (tertiary/aromatic N) is 1. The van der Waals surface area contributed by atoms with Gasteiger partial charge in [0.2, 0.25) is 5.91 Å². The number of hydrogen-bond acceptors (Lipinski definition) is 3. The van der Waals surface area contributed by atoms with Gasteiger partial charge in [0.25, 0.3) is 0 Å². The molecule has 1 fully saturated rings. The Morgan fingerprint density at radius 2 is 2.00 bits per heavy atom. The van der Waals surface area contributed by atoms with Crippen molar-refractivity contribution in [2.75, 3.05) is 40.0 Å². The second kappa shape index (κ2) is 8.02. The van der Waals surface area contributed by atoms with Crippen LogP contribution in [-0.4, -0.2) is 55.8 Å². The van der Waals surface area contributed by atoms with Gasteiger partial charge in [-0.3, -0.25) is 4.79 Å². The van der Waals surface area contributed by atoms with E-state index in [1.54, 1.807) is 7.11 Å². The Bertz CT molecular complexity index is 730. The van der Waals surface area contributed by atoms with Crippen molar-refractivity contribution in [3.63, 3.8) is 0 Å². The maximum Gasteiger partial charge on any atom is 0.248 e. The molecule has 1 aliphatic rings. The molecule has 2 aromatic rings. The fourth-order valence-corrected chi connectivity index (χ4v) is 3.68. The molecule has 0 unspecified atom stereocenters. The summed E-state index contributed by atoms with van der Waals surface area (Å²) in [6.07, 6.45) is 1.99. The molecular weight excluding hydrogens is 316 g/mol. The van der Waals surface area contributed by atoms with Gasteiger partial charge in [0, 0.05) is 42.7 Å². The molecule has 0 spiro atoms. The van der Waals surface area contributed by atoms with Crippen molar-refractivity contribution >= 4 is 16.8 Å². The number of likely N-dealkylation sites (tertiary alicyclic amines) is 1. The zero-order chi connectivity index (χ0) is 17.8. The third-order valence-corrected chi connectivity index (χ3v) is 5.17. The molecule has 3 rings (SSSR count). The highest BCUT2D eigenvalue weighted by Crippen LogP contribution is 2.33. The summed E-state index contributed by atoms with van der Waals surface area (Å²) in [5.74, 6) is 0.574. The summed E-state index contributed by atoms with van der Waals surface area (Å²) in [5, 5.41) is 1.32. The van der Waals surface area contributed by atoms with E-state index in [4.69, 9.17) is 9.47 Å². The van der Waals surface area contributed by atoms with E-state index in [1.807, 2.05) is 4.90 Å². The predicted molar refractivity (Wildman–Crippen MR) is 99.0 cm³/mol. The van der Waals surface area contributed by atoms with Gasteiger partial charge < -0.3 is 19.4 Å². The van der Waals surface area contributed by atoms with Crippen molar-refractivity contribution in [2.45, 2.75) is 32.6 Å². The number of aromatic amines is 1. The SMILES string of the molecule is COCCOCC(=O)N1CCC(c2[nH]c3ccc(C)cc3c2C)CC1. The highest BCUT2D eigenvalue weighted by Gasteiger charge is 2.26. The second-order valence-electron chi connectivity index (χ2n) is 6.91. The van der Waals surface area contributed by atoms with Gasteiger partial charge in [-0.2, -0.15) is 0 Å². The summed E-state index contributed by atoms with van der Waals surface area (Å²) < 4.78 is 10.3. The summed E-state index contributed by atoms with van der Waals surface area (Å²) >= 11 is 0. The van der Waals surface area contributed by atoms with Crippen molar-refractivity contribution in [1.29, 1.82) is 0 Å². The van der Waals surface area contributed by atoms with Crippen molar-refractivity contribution in [3.05, 3.63) is 35.0 Å². The maximum atomic E-state index is 12.2. The van der Waals surface area contributed by atoms with Crippen LogP contribution in [0.25, 0.3) is 10.9 Å². The number of carbonyl (C=O) groups is 1. The van der Waals surface area contributed by atoms with E-state index in [1.165, 1.54) is 27.7 Å². The van der Waals surface area contributed by atoms with Gasteiger partial charge in [-0.15, -0.1) is 0 Å². The van der Waals surface area contributed by atoms with Crippen LogP contribution in [0.5, 0.6) is 0 Å². The fourth-order valence-electron chi connectivity index (χ4n) is 3.68. The number of ether oxygens (including phenoxy) is 2. The Kier molecular flexibility index (Phi) is 5.76. The van der Waals surface area contributed by atoms with Gasteiger partial charge in [-0.1, -0.05) is 11.6 Å². The Balaban J connectivity index is 1.59. The minimum atomic E-state index is 0.0820. The van der Waals surface area contributed by atoms with E-state index in [0.29, 0.717) is 19.1 Å². The lowest BCUT2D eigenvalue weighted by atomic mass is 9.91. The lowest BCUT2D eigenvalue weighted by Crippen LogP contribution is -2.40.